The van der Waals surface area contributed by atoms with Crippen LogP contribution in [-0.4, -0.2) is 33.5 Å². The van der Waals surface area contributed by atoms with E-state index < -0.39 is 5.60 Å². The Morgan fingerprint density at radius 1 is 1.15 bits per heavy atom. The maximum Gasteiger partial charge on any atom is 0.419 e. The largest absolute Gasteiger partial charge is 0.443 e. The zero-order valence-corrected chi connectivity index (χ0v) is 16.4. The molecule has 5 heteroatoms. The smallest absolute Gasteiger partial charge is 0.419 e. The molecule has 0 bridgehead atoms. The molecule has 0 N–H and O–H groups in total. The van der Waals surface area contributed by atoms with Crippen molar-refractivity contribution in [3.63, 3.8) is 0 Å². The fourth-order valence-electron chi connectivity index (χ4n) is 4.28. The lowest BCUT2D eigenvalue weighted by atomic mass is 9.89. The number of hydrogen-bond donors (Lipinski definition) is 0. The monoisotopic (exact) mass is 366 g/mol. The summed E-state index contributed by atoms with van der Waals surface area (Å²) in [5, 5.41) is 1.12. The number of benzene rings is 1. The summed E-state index contributed by atoms with van der Waals surface area (Å²) >= 11 is 0. The molecule has 0 unspecified atom stereocenters. The molecule has 1 atom stereocenters. The molecule has 3 heterocycles. The van der Waals surface area contributed by atoms with Crippen molar-refractivity contribution in [2.75, 3.05) is 6.54 Å². The van der Waals surface area contributed by atoms with E-state index in [0.29, 0.717) is 0 Å². The predicted molar refractivity (Wildman–Crippen MR) is 105 cm³/mol. The normalized spacial score (nSPS) is 19.3. The summed E-state index contributed by atoms with van der Waals surface area (Å²) in [4.78, 5) is 27.1. The highest BCUT2D eigenvalue weighted by Gasteiger charge is 2.36. The van der Waals surface area contributed by atoms with Crippen LogP contribution in [0.4, 0.5) is 4.79 Å². The molecule has 2 aliphatic rings. The second-order valence-electron chi connectivity index (χ2n) is 8.45. The molecule has 0 amide bonds. The lowest BCUT2D eigenvalue weighted by molar-refractivity contribution is -0.114. The second-order valence-corrected chi connectivity index (χ2v) is 8.45. The van der Waals surface area contributed by atoms with Gasteiger partial charge in [-0.3, -0.25) is 4.79 Å². The SMILES string of the molecule is CC(=O)C1=CN2CCc3c(n(C(=O)OC(C)(C)C)c4ccccc34)[C@H]2CC1. The molecule has 0 radical (unpaired) electrons. The Balaban J connectivity index is 1.87. The first-order valence-electron chi connectivity index (χ1n) is 9.59. The third-order valence-corrected chi connectivity index (χ3v) is 5.39. The molecular weight excluding hydrogens is 340 g/mol. The Labute approximate surface area is 159 Å². The lowest BCUT2D eigenvalue weighted by Crippen LogP contribution is -2.37. The van der Waals surface area contributed by atoms with Crippen molar-refractivity contribution >= 4 is 22.8 Å². The molecule has 2 aliphatic heterocycles. The number of carbonyl (C=O) groups is 2. The summed E-state index contributed by atoms with van der Waals surface area (Å²) < 4.78 is 7.49. The number of allylic oxidation sites excluding steroid dienone is 1. The number of hydrogen-bond acceptors (Lipinski definition) is 4. The van der Waals surface area contributed by atoms with Crippen molar-refractivity contribution < 1.29 is 14.3 Å². The van der Waals surface area contributed by atoms with Gasteiger partial charge in [-0.2, -0.15) is 0 Å². The number of fused-ring (bicyclic) bond motifs is 5. The minimum atomic E-state index is -0.558. The molecule has 27 heavy (non-hydrogen) atoms. The average Bonchev–Trinajstić information content (AvgIpc) is 2.94. The number of ether oxygens (including phenoxy) is 1. The van der Waals surface area contributed by atoms with Crippen molar-refractivity contribution in [2.45, 2.75) is 58.6 Å². The van der Waals surface area contributed by atoms with Gasteiger partial charge in [0.1, 0.15) is 5.60 Å². The van der Waals surface area contributed by atoms with Crippen LogP contribution < -0.4 is 0 Å². The van der Waals surface area contributed by atoms with Gasteiger partial charge in [-0.05, 0) is 58.6 Å². The Morgan fingerprint density at radius 2 is 1.89 bits per heavy atom. The van der Waals surface area contributed by atoms with Crippen molar-refractivity contribution in [3.8, 4) is 0 Å². The Hall–Kier alpha value is -2.56. The molecular formula is C22H26N2O3. The highest BCUT2D eigenvalue weighted by molar-refractivity contribution is 5.95. The summed E-state index contributed by atoms with van der Waals surface area (Å²) in [5.74, 6) is 0.131. The quantitative estimate of drug-likeness (QED) is 0.741. The van der Waals surface area contributed by atoms with Crippen LogP contribution in [0.15, 0.2) is 36.0 Å². The van der Waals surface area contributed by atoms with Crippen LogP contribution in [0, 0.1) is 0 Å². The van der Waals surface area contributed by atoms with Crippen molar-refractivity contribution in [1.29, 1.82) is 0 Å². The first kappa shape index (κ1) is 17.8. The topological polar surface area (TPSA) is 51.5 Å². The van der Waals surface area contributed by atoms with Crippen LogP contribution >= 0.6 is 0 Å². The Kier molecular flexibility index (Phi) is 4.13. The summed E-state index contributed by atoms with van der Waals surface area (Å²) in [6.07, 6.45) is 4.09. The number of nitrogens with zero attached hydrogens (tertiary/aromatic N) is 2. The molecule has 0 fully saturated rings. The van der Waals surface area contributed by atoms with Gasteiger partial charge in [0.05, 0.1) is 17.3 Å². The standard InChI is InChI=1S/C22H26N2O3/c1-14(25)15-9-10-19-20-17(11-12-23(19)13-15)16-7-5-6-8-18(16)24(20)21(26)27-22(2,3)4/h5-8,13,19H,9-12H2,1-4H3/t19-/m1/s1. The van der Waals surface area contributed by atoms with Crippen LogP contribution in [0.25, 0.3) is 10.9 Å². The summed E-state index contributed by atoms with van der Waals surface area (Å²) in [5.41, 5.74) is 3.47. The van der Waals surface area contributed by atoms with E-state index in [1.165, 1.54) is 5.56 Å². The van der Waals surface area contributed by atoms with E-state index in [-0.39, 0.29) is 17.9 Å². The van der Waals surface area contributed by atoms with E-state index in [9.17, 15) is 9.59 Å². The van der Waals surface area contributed by atoms with Gasteiger partial charge in [0.15, 0.2) is 5.78 Å². The number of aromatic nitrogens is 1. The Morgan fingerprint density at radius 3 is 2.59 bits per heavy atom. The lowest BCUT2D eigenvalue weighted by Gasteiger charge is -2.39. The minimum absolute atomic E-state index is 0.0942. The molecule has 142 valence electrons. The van der Waals surface area contributed by atoms with Crippen molar-refractivity contribution in [2.24, 2.45) is 0 Å². The van der Waals surface area contributed by atoms with E-state index in [4.69, 9.17) is 4.74 Å². The first-order chi connectivity index (χ1) is 12.8. The molecule has 4 rings (SSSR count). The summed E-state index contributed by atoms with van der Waals surface area (Å²) in [6, 6.07) is 8.15. The molecule has 0 aliphatic carbocycles. The van der Waals surface area contributed by atoms with E-state index in [1.54, 1.807) is 11.5 Å². The molecule has 0 spiro atoms. The van der Waals surface area contributed by atoms with Gasteiger partial charge >= 0.3 is 6.09 Å². The maximum atomic E-state index is 13.1. The number of Topliss-reactive ketones (excluding diaryl/α,β-unsaturated/α-hetero) is 1. The van der Waals surface area contributed by atoms with Gasteiger partial charge in [0.25, 0.3) is 0 Å². The first-order valence-corrected chi connectivity index (χ1v) is 9.59. The fraction of sp³-hybridized carbons (Fsp3) is 0.455. The third-order valence-electron chi connectivity index (χ3n) is 5.39. The summed E-state index contributed by atoms with van der Waals surface area (Å²) in [6.45, 7) is 8.14. The van der Waals surface area contributed by atoms with Gasteiger partial charge in [-0.25, -0.2) is 9.36 Å². The number of para-hydroxylation sites is 1. The van der Waals surface area contributed by atoms with Crippen LogP contribution in [-0.2, 0) is 16.0 Å². The number of ketones is 1. The molecule has 2 aromatic rings. The minimum Gasteiger partial charge on any atom is -0.443 e. The van der Waals surface area contributed by atoms with Crippen molar-refractivity contribution in [1.82, 2.24) is 9.47 Å². The van der Waals surface area contributed by atoms with Crippen LogP contribution in [0.2, 0.25) is 0 Å². The molecule has 0 saturated carbocycles. The second kappa shape index (κ2) is 6.25. The van der Waals surface area contributed by atoms with Gasteiger partial charge in [0, 0.05) is 23.7 Å². The van der Waals surface area contributed by atoms with Crippen LogP contribution in [0.1, 0.15) is 57.8 Å². The zero-order chi connectivity index (χ0) is 19.3. The van der Waals surface area contributed by atoms with Crippen LogP contribution in [0.3, 0.4) is 0 Å². The van der Waals surface area contributed by atoms with Crippen LogP contribution in [0.5, 0.6) is 0 Å². The third kappa shape index (κ3) is 3.05. The predicted octanol–water partition coefficient (Wildman–Crippen LogP) is 4.59. The van der Waals surface area contributed by atoms with E-state index in [1.807, 2.05) is 45.2 Å². The molecule has 1 aromatic carbocycles. The maximum absolute atomic E-state index is 13.1. The fourth-order valence-corrected chi connectivity index (χ4v) is 4.28. The highest BCUT2D eigenvalue weighted by atomic mass is 16.6. The zero-order valence-electron chi connectivity index (χ0n) is 16.4. The van der Waals surface area contributed by atoms with Crippen molar-refractivity contribution in [3.05, 3.63) is 47.3 Å². The van der Waals surface area contributed by atoms with Gasteiger partial charge < -0.3 is 9.64 Å². The van der Waals surface area contributed by atoms with E-state index >= 15 is 0 Å². The summed E-state index contributed by atoms with van der Waals surface area (Å²) in [7, 11) is 0. The number of rotatable bonds is 1. The van der Waals surface area contributed by atoms with E-state index in [2.05, 4.69) is 11.0 Å². The molecule has 5 nitrogen and oxygen atoms in total. The van der Waals surface area contributed by atoms with Gasteiger partial charge in [-0.15, -0.1) is 0 Å². The average molecular weight is 366 g/mol. The molecule has 1 aromatic heterocycles. The van der Waals surface area contributed by atoms with Gasteiger partial charge in [-0.1, -0.05) is 18.2 Å². The molecule has 0 saturated heterocycles. The number of carbonyl (C=O) groups excluding carboxylic acids is 2. The van der Waals surface area contributed by atoms with Gasteiger partial charge in [0.2, 0.25) is 0 Å². The van der Waals surface area contributed by atoms with E-state index in [0.717, 1.165) is 48.0 Å². The Bertz CT molecular complexity index is 962. The highest BCUT2D eigenvalue weighted by Crippen LogP contribution is 2.42.